The van der Waals surface area contributed by atoms with E-state index in [0.29, 0.717) is 11.1 Å². The zero-order chi connectivity index (χ0) is 20.8. The predicted molar refractivity (Wildman–Crippen MR) is 103 cm³/mol. The first-order chi connectivity index (χ1) is 14.5. The van der Waals surface area contributed by atoms with Crippen LogP contribution in [0.3, 0.4) is 0 Å². The largest absolute Gasteiger partial charge is 0.345 e. The maximum atomic E-state index is 12.9. The molecule has 4 aromatic rings. The molecule has 0 saturated heterocycles. The van der Waals surface area contributed by atoms with E-state index in [1.807, 2.05) is 37.4 Å². The van der Waals surface area contributed by atoms with E-state index in [-0.39, 0.29) is 17.8 Å². The van der Waals surface area contributed by atoms with Crippen LogP contribution in [0.4, 0.5) is 8.78 Å². The van der Waals surface area contributed by atoms with Gasteiger partial charge in [-0.15, -0.1) is 0 Å². The topological polar surface area (TPSA) is 85.3 Å². The number of carbonyl (C=O) groups excluding carboxylic acids is 1. The molecule has 1 aliphatic carbocycles. The molecule has 0 unspecified atom stereocenters. The Bertz CT molecular complexity index is 1260. The number of nitrogens with zero attached hydrogens (tertiary/aromatic N) is 4. The Labute approximate surface area is 169 Å². The molecule has 1 aliphatic rings. The first-order valence-electron chi connectivity index (χ1n) is 9.49. The molecule has 5 rings (SSSR count). The third kappa shape index (κ3) is 3.12. The summed E-state index contributed by atoms with van der Waals surface area (Å²) in [4.78, 5) is 16.6. The van der Waals surface area contributed by atoms with E-state index in [4.69, 9.17) is 0 Å². The lowest BCUT2D eigenvalue weighted by atomic mass is 10.0. The highest BCUT2D eigenvalue weighted by Crippen LogP contribution is 2.34. The number of alkyl halides is 2. The van der Waals surface area contributed by atoms with Gasteiger partial charge in [-0.25, -0.2) is 4.52 Å². The lowest BCUT2D eigenvalue weighted by Crippen LogP contribution is -2.27. The molecule has 0 aliphatic heterocycles. The van der Waals surface area contributed by atoms with Gasteiger partial charge in [0.1, 0.15) is 0 Å². The predicted octanol–water partition coefficient (Wildman–Crippen LogP) is 4.05. The van der Waals surface area contributed by atoms with Gasteiger partial charge in [0.25, 0.3) is 11.8 Å². The van der Waals surface area contributed by atoms with Gasteiger partial charge in [-0.3, -0.25) is 4.79 Å². The van der Waals surface area contributed by atoms with E-state index in [1.54, 1.807) is 16.8 Å². The van der Waals surface area contributed by atoms with Gasteiger partial charge in [-0.05, 0) is 54.7 Å². The fraction of sp³-hybridized carbons (Fsp3) is 0.238. The highest BCUT2D eigenvalue weighted by Gasteiger charge is 2.26. The van der Waals surface area contributed by atoms with E-state index in [9.17, 15) is 13.6 Å². The number of rotatable bonds is 4. The van der Waals surface area contributed by atoms with Crippen LogP contribution in [-0.2, 0) is 6.42 Å². The summed E-state index contributed by atoms with van der Waals surface area (Å²) in [6.45, 7) is 1.97. The van der Waals surface area contributed by atoms with Gasteiger partial charge >= 0.3 is 6.43 Å². The number of hydrogen-bond acceptors (Lipinski definition) is 5. The molecule has 0 bridgehead atoms. The van der Waals surface area contributed by atoms with Gasteiger partial charge in [-0.2, -0.15) is 18.9 Å². The molecule has 1 atom stereocenters. The monoisotopic (exact) mass is 409 g/mol. The number of hydrogen-bond donors (Lipinski definition) is 1. The Morgan fingerprint density at radius 1 is 1.30 bits per heavy atom. The molecule has 0 radical (unpaired) electrons. The minimum absolute atomic E-state index is 0.127. The third-order valence-corrected chi connectivity index (χ3v) is 5.33. The Kier molecular flexibility index (Phi) is 4.30. The summed E-state index contributed by atoms with van der Waals surface area (Å²) in [6, 6.07) is 9.21. The summed E-state index contributed by atoms with van der Waals surface area (Å²) in [5, 5.41) is 11.0. The fourth-order valence-corrected chi connectivity index (χ4v) is 3.84. The molecule has 1 aromatic carbocycles. The second-order valence-corrected chi connectivity index (χ2v) is 7.33. The molecular formula is C21H17F2N5O2. The molecule has 3 heterocycles. The van der Waals surface area contributed by atoms with Crippen molar-refractivity contribution in [1.29, 1.82) is 0 Å². The Hall–Kier alpha value is -3.62. The van der Waals surface area contributed by atoms with Crippen LogP contribution < -0.4 is 5.32 Å². The first kappa shape index (κ1) is 18.4. The molecule has 7 nitrogen and oxygen atoms in total. The molecule has 0 saturated carbocycles. The summed E-state index contributed by atoms with van der Waals surface area (Å²) in [5.41, 5.74) is 4.96. The number of amides is 1. The zero-order valence-corrected chi connectivity index (χ0v) is 16.0. The third-order valence-electron chi connectivity index (χ3n) is 5.33. The van der Waals surface area contributed by atoms with Crippen molar-refractivity contribution in [1.82, 2.24) is 25.1 Å². The minimum atomic E-state index is -2.80. The number of carbonyl (C=O) groups is 1. The van der Waals surface area contributed by atoms with Gasteiger partial charge in [-0.1, -0.05) is 17.3 Å². The number of pyridine rings is 1. The maximum Gasteiger partial charge on any atom is 0.315 e. The lowest BCUT2D eigenvalue weighted by molar-refractivity contribution is 0.0938. The fourth-order valence-electron chi connectivity index (χ4n) is 3.84. The average Bonchev–Trinajstić information content (AvgIpc) is 3.45. The smallest absolute Gasteiger partial charge is 0.315 e. The Morgan fingerprint density at radius 2 is 2.17 bits per heavy atom. The summed E-state index contributed by atoms with van der Waals surface area (Å²) in [5.74, 6) is -0.751. The van der Waals surface area contributed by atoms with Gasteiger partial charge < -0.3 is 9.84 Å². The van der Waals surface area contributed by atoms with Crippen molar-refractivity contribution in [3.63, 3.8) is 0 Å². The van der Waals surface area contributed by atoms with Crippen LogP contribution in [0.25, 0.3) is 16.9 Å². The summed E-state index contributed by atoms with van der Waals surface area (Å²) < 4.78 is 31.6. The highest BCUT2D eigenvalue weighted by atomic mass is 19.3. The van der Waals surface area contributed by atoms with Gasteiger partial charge in [0.05, 0.1) is 23.3 Å². The number of halogens is 2. The Balaban J connectivity index is 1.38. The van der Waals surface area contributed by atoms with Crippen molar-refractivity contribution in [2.45, 2.75) is 32.2 Å². The molecule has 30 heavy (non-hydrogen) atoms. The molecule has 0 fully saturated rings. The zero-order valence-electron chi connectivity index (χ0n) is 16.0. The average molecular weight is 409 g/mol. The molecule has 3 aromatic heterocycles. The van der Waals surface area contributed by atoms with Gasteiger partial charge in [0.2, 0.25) is 5.82 Å². The molecule has 9 heteroatoms. The number of nitrogens with one attached hydrogen (secondary N) is 1. The van der Waals surface area contributed by atoms with E-state index >= 15 is 0 Å². The highest BCUT2D eigenvalue weighted by molar-refractivity contribution is 6.00. The lowest BCUT2D eigenvalue weighted by Gasteiger charge is -2.14. The van der Waals surface area contributed by atoms with Crippen molar-refractivity contribution in [3.8, 4) is 11.4 Å². The van der Waals surface area contributed by atoms with Crippen molar-refractivity contribution in [2.75, 3.05) is 0 Å². The van der Waals surface area contributed by atoms with Crippen LogP contribution >= 0.6 is 0 Å². The standard InChI is InChI=1S/C21H17F2N5O2/c1-11-6-7-28-17(8-11)15(10-24-28)20(29)25-16-5-3-12-9-13(2-4-14(12)16)19-26-21(18(22)23)30-27-19/h2,4,6-10,16,18H,3,5H2,1H3,(H,25,29)/t16-/m1/s1. The molecule has 1 N–H and O–H groups in total. The van der Waals surface area contributed by atoms with E-state index in [0.717, 1.165) is 35.0 Å². The maximum absolute atomic E-state index is 12.9. The van der Waals surface area contributed by atoms with Crippen molar-refractivity contribution < 1.29 is 18.1 Å². The van der Waals surface area contributed by atoms with Crippen molar-refractivity contribution >= 4 is 11.4 Å². The van der Waals surface area contributed by atoms with Crippen molar-refractivity contribution in [2.24, 2.45) is 0 Å². The molecule has 1 amide bonds. The summed E-state index contributed by atoms with van der Waals surface area (Å²) >= 11 is 0. The van der Waals surface area contributed by atoms with E-state index < -0.39 is 12.3 Å². The van der Waals surface area contributed by atoms with Crippen LogP contribution in [0, 0.1) is 6.92 Å². The number of aromatic nitrogens is 4. The summed E-state index contributed by atoms with van der Waals surface area (Å²) in [7, 11) is 0. The minimum Gasteiger partial charge on any atom is -0.345 e. The number of aryl methyl sites for hydroxylation is 2. The molecular weight excluding hydrogens is 392 g/mol. The second kappa shape index (κ2) is 7.01. The molecule has 152 valence electrons. The second-order valence-electron chi connectivity index (χ2n) is 7.33. The van der Waals surface area contributed by atoms with Gasteiger partial charge in [0.15, 0.2) is 0 Å². The number of fused-ring (bicyclic) bond motifs is 2. The van der Waals surface area contributed by atoms with Crippen LogP contribution in [0.5, 0.6) is 0 Å². The van der Waals surface area contributed by atoms with Crippen LogP contribution in [-0.4, -0.2) is 25.7 Å². The van der Waals surface area contributed by atoms with Crippen LogP contribution in [0.2, 0.25) is 0 Å². The van der Waals surface area contributed by atoms with Gasteiger partial charge in [0, 0.05) is 11.8 Å². The van der Waals surface area contributed by atoms with Crippen LogP contribution in [0.15, 0.2) is 47.2 Å². The van der Waals surface area contributed by atoms with E-state index in [2.05, 4.69) is 25.1 Å². The quantitative estimate of drug-likeness (QED) is 0.550. The van der Waals surface area contributed by atoms with Crippen molar-refractivity contribution in [3.05, 3.63) is 70.9 Å². The Morgan fingerprint density at radius 3 is 2.97 bits per heavy atom. The normalized spacial score (nSPS) is 15.7. The SMILES string of the molecule is Cc1ccn2ncc(C(=O)N[C@@H]3CCc4cc(-c5noc(C(F)F)n5)ccc43)c2c1. The molecule has 0 spiro atoms. The summed E-state index contributed by atoms with van der Waals surface area (Å²) in [6.07, 6.45) is 2.09. The first-order valence-corrected chi connectivity index (χ1v) is 9.49. The number of benzene rings is 1. The van der Waals surface area contributed by atoms with E-state index in [1.165, 1.54) is 0 Å². The van der Waals surface area contributed by atoms with Crippen LogP contribution in [0.1, 0.15) is 51.8 Å².